The minimum Gasteiger partial charge on any atom is -0.391 e. The minimum absolute atomic E-state index is 0.0105. The Bertz CT molecular complexity index is 1760. The Balaban J connectivity index is 1.47. The highest BCUT2D eigenvalue weighted by atomic mass is 19.1. The number of nitrogen functional groups attached to an aromatic ring is 1. The standard InChI is InChI=1S/C33H31FN6O2/c1-3-37-17-20(2)23-15-27(32(36)38-18-23)21-9-13-25(14-10-21)39-33(42)28-19-40(26-5-4-6-26)29(16-35)30(31(28)41)22-7-11-24(34)12-8-22/h7-15,17-19,26,37H,3-6H2,1-2H3,(H2,36,38)(H,39,42)/b20-17+. The molecule has 5 rings (SSSR count). The first-order valence-corrected chi connectivity index (χ1v) is 13.8. The van der Waals surface area contributed by atoms with E-state index in [2.05, 4.69) is 21.7 Å². The first-order valence-electron chi connectivity index (χ1n) is 13.8. The second kappa shape index (κ2) is 12.1. The maximum absolute atomic E-state index is 13.6. The zero-order valence-corrected chi connectivity index (χ0v) is 23.4. The van der Waals surface area contributed by atoms with Gasteiger partial charge in [0.2, 0.25) is 5.43 Å². The maximum atomic E-state index is 13.6. The SMILES string of the molecule is CCN/C=C(\C)c1cnc(N)c(-c2ccc(NC(=O)c3cn(C4CCC4)c(C#N)c(-c4ccc(F)cc4)c3=O)cc2)c1. The zero-order chi connectivity index (χ0) is 29.8. The van der Waals surface area contributed by atoms with Gasteiger partial charge in [-0.05, 0) is 85.7 Å². The number of allylic oxidation sites excluding steroid dienone is 1. The lowest BCUT2D eigenvalue weighted by molar-refractivity contribution is 0.102. The number of nitrogens with zero attached hydrogens (tertiary/aromatic N) is 3. The van der Waals surface area contributed by atoms with Gasteiger partial charge in [-0.2, -0.15) is 5.26 Å². The number of carbonyl (C=O) groups excluding carboxylic acids is 1. The second-order valence-electron chi connectivity index (χ2n) is 10.3. The van der Waals surface area contributed by atoms with E-state index in [1.807, 2.05) is 38.2 Å². The van der Waals surface area contributed by atoms with Crippen molar-refractivity contribution in [2.45, 2.75) is 39.2 Å². The summed E-state index contributed by atoms with van der Waals surface area (Å²) < 4.78 is 15.4. The average molecular weight is 563 g/mol. The summed E-state index contributed by atoms with van der Waals surface area (Å²) in [6.45, 7) is 4.82. The van der Waals surface area contributed by atoms with Gasteiger partial charge in [0, 0.05) is 42.4 Å². The number of nitrogens with two attached hydrogens (primary N) is 1. The summed E-state index contributed by atoms with van der Waals surface area (Å²) >= 11 is 0. The van der Waals surface area contributed by atoms with Gasteiger partial charge in [-0.1, -0.05) is 24.3 Å². The van der Waals surface area contributed by atoms with E-state index < -0.39 is 17.2 Å². The first kappa shape index (κ1) is 28.3. The molecular formula is C33H31FN6O2. The van der Waals surface area contributed by atoms with Gasteiger partial charge < -0.3 is 20.9 Å². The number of rotatable bonds is 8. The summed E-state index contributed by atoms with van der Waals surface area (Å²) in [5.74, 6) is -0.673. The van der Waals surface area contributed by atoms with Gasteiger partial charge in [0.15, 0.2) is 0 Å². The molecule has 0 spiro atoms. The summed E-state index contributed by atoms with van der Waals surface area (Å²) in [5.41, 5.74) is 10.2. The number of nitrogens with one attached hydrogen (secondary N) is 2. The van der Waals surface area contributed by atoms with Crippen LogP contribution in [0.25, 0.3) is 27.8 Å². The summed E-state index contributed by atoms with van der Waals surface area (Å²) in [4.78, 5) is 31.4. The zero-order valence-electron chi connectivity index (χ0n) is 23.4. The third kappa shape index (κ3) is 5.65. The third-order valence-corrected chi connectivity index (χ3v) is 7.54. The van der Waals surface area contributed by atoms with Crippen LogP contribution in [0, 0.1) is 17.1 Å². The quantitative estimate of drug-likeness (QED) is 0.238. The van der Waals surface area contributed by atoms with Crippen LogP contribution in [-0.4, -0.2) is 22.0 Å². The van der Waals surface area contributed by atoms with Crippen LogP contribution >= 0.6 is 0 Å². The van der Waals surface area contributed by atoms with E-state index in [1.165, 1.54) is 30.5 Å². The largest absolute Gasteiger partial charge is 0.391 e. The molecule has 1 aliphatic rings. The smallest absolute Gasteiger partial charge is 0.261 e. The lowest BCUT2D eigenvalue weighted by Gasteiger charge is -2.30. The maximum Gasteiger partial charge on any atom is 0.261 e. The molecule has 0 radical (unpaired) electrons. The molecule has 1 aliphatic carbocycles. The molecule has 1 fully saturated rings. The fraction of sp³-hybridized carbons (Fsp3) is 0.212. The number of aromatic nitrogens is 2. The molecule has 212 valence electrons. The number of amides is 1. The van der Waals surface area contributed by atoms with Gasteiger partial charge in [0.05, 0.1) is 5.56 Å². The fourth-order valence-electron chi connectivity index (χ4n) is 4.94. The van der Waals surface area contributed by atoms with Gasteiger partial charge in [-0.15, -0.1) is 0 Å². The number of halogens is 1. The Morgan fingerprint density at radius 3 is 2.48 bits per heavy atom. The van der Waals surface area contributed by atoms with Crippen LogP contribution < -0.4 is 21.8 Å². The van der Waals surface area contributed by atoms with E-state index >= 15 is 0 Å². The van der Waals surface area contributed by atoms with Crippen LogP contribution in [0.3, 0.4) is 0 Å². The molecule has 8 nitrogen and oxygen atoms in total. The third-order valence-electron chi connectivity index (χ3n) is 7.54. The second-order valence-corrected chi connectivity index (χ2v) is 10.3. The van der Waals surface area contributed by atoms with Crippen LogP contribution in [0.5, 0.6) is 0 Å². The van der Waals surface area contributed by atoms with Crippen LogP contribution in [0.1, 0.15) is 60.8 Å². The number of carbonyl (C=O) groups is 1. The molecule has 4 N–H and O–H groups in total. The molecule has 1 saturated carbocycles. The summed E-state index contributed by atoms with van der Waals surface area (Å²) in [5, 5.41) is 16.0. The van der Waals surface area contributed by atoms with Crippen molar-refractivity contribution in [1.29, 1.82) is 5.26 Å². The molecule has 0 unspecified atom stereocenters. The highest BCUT2D eigenvalue weighted by Crippen LogP contribution is 2.35. The number of nitriles is 1. The lowest BCUT2D eigenvalue weighted by atomic mass is 9.91. The van der Waals surface area contributed by atoms with Gasteiger partial charge in [0.25, 0.3) is 5.91 Å². The highest BCUT2D eigenvalue weighted by Gasteiger charge is 2.27. The summed E-state index contributed by atoms with van der Waals surface area (Å²) in [7, 11) is 0. The number of anilines is 2. The Morgan fingerprint density at radius 1 is 1.17 bits per heavy atom. The Labute approximate surface area is 243 Å². The van der Waals surface area contributed by atoms with Gasteiger partial charge in [-0.25, -0.2) is 9.37 Å². The van der Waals surface area contributed by atoms with Crippen molar-refractivity contribution >= 4 is 23.0 Å². The van der Waals surface area contributed by atoms with E-state index in [1.54, 1.807) is 22.9 Å². The van der Waals surface area contributed by atoms with E-state index in [-0.39, 0.29) is 22.9 Å². The predicted octanol–water partition coefficient (Wildman–Crippen LogP) is 6.12. The van der Waals surface area contributed by atoms with E-state index in [0.717, 1.165) is 48.1 Å². The summed E-state index contributed by atoms with van der Waals surface area (Å²) in [6, 6.07) is 16.6. The number of hydrogen-bond acceptors (Lipinski definition) is 6. The Kier molecular flexibility index (Phi) is 8.16. The van der Waals surface area contributed by atoms with Crippen LogP contribution in [0.2, 0.25) is 0 Å². The first-order chi connectivity index (χ1) is 20.3. The molecule has 2 aromatic heterocycles. The predicted molar refractivity (Wildman–Crippen MR) is 163 cm³/mol. The van der Waals surface area contributed by atoms with E-state index in [0.29, 0.717) is 17.1 Å². The average Bonchev–Trinajstić information content (AvgIpc) is 2.96. The van der Waals surface area contributed by atoms with Crippen molar-refractivity contribution in [2.24, 2.45) is 0 Å². The van der Waals surface area contributed by atoms with Crippen molar-refractivity contribution < 1.29 is 9.18 Å². The molecule has 2 heterocycles. The van der Waals surface area contributed by atoms with E-state index in [4.69, 9.17) is 5.73 Å². The van der Waals surface area contributed by atoms with Crippen molar-refractivity contribution in [1.82, 2.24) is 14.9 Å². The monoisotopic (exact) mass is 562 g/mol. The Hall–Kier alpha value is -5.23. The van der Waals surface area contributed by atoms with Crippen LogP contribution in [-0.2, 0) is 0 Å². The molecule has 0 saturated heterocycles. The lowest BCUT2D eigenvalue weighted by Crippen LogP contribution is -2.29. The topological polar surface area (TPSA) is 126 Å². The molecule has 1 amide bonds. The summed E-state index contributed by atoms with van der Waals surface area (Å²) in [6.07, 6.45) is 7.81. The van der Waals surface area contributed by atoms with Crippen molar-refractivity contribution in [3.05, 3.63) is 106 Å². The molecule has 4 aromatic rings. The van der Waals surface area contributed by atoms with Gasteiger partial charge in [-0.3, -0.25) is 9.59 Å². The molecule has 0 bridgehead atoms. The van der Waals surface area contributed by atoms with Crippen molar-refractivity contribution in [2.75, 3.05) is 17.6 Å². The molecule has 42 heavy (non-hydrogen) atoms. The van der Waals surface area contributed by atoms with Gasteiger partial charge in [0.1, 0.15) is 29.0 Å². The van der Waals surface area contributed by atoms with Crippen LogP contribution in [0.15, 0.2) is 78.0 Å². The molecule has 9 heteroatoms. The Morgan fingerprint density at radius 2 is 1.86 bits per heavy atom. The van der Waals surface area contributed by atoms with Crippen molar-refractivity contribution in [3.63, 3.8) is 0 Å². The number of benzene rings is 2. The number of hydrogen-bond donors (Lipinski definition) is 3. The normalized spacial score (nSPS) is 13.2. The molecule has 0 atom stereocenters. The fourth-order valence-corrected chi connectivity index (χ4v) is 4.94. The van der Waals surface area contributed by atoms with Crippen LogP contribution in [0.4, 0.5) is 15.9 Å². The molecule has 2 aromatic carbocycles. The van der Waals surface area contributed by atoms with Gasteiger partial charge >= 0.3 is 0 Å². The molecular weight excluding hydrogens is 531 g/mol. The minimum atomic E-state index is -0.596. The molecule has 0 aliphatic heterocycles. The highest BCUT2D eigenvalue weighted by molar-refractivity contribution is 6.05. The number of pyridine rings is 2. The van der Waals surface area contributed by atoms with E-state index in [9.17, 15) is 19.2 Å². The van der Waals surface area contributed by atoms with Crippen molar-refractivity contribution in [3.8, 4) is 28.3 Å².